The first-order chi connectivity index (χ1) is 5.04. The molecule has 0 saturated heterocycles. The summed E-state index contributed by atoms with van der Waals surface area (Å²) in [5, 5.41) is 3.82. The maximum atomic E-state index is 4.90. The Bertz CT molecular complexity index is 239. The topological polar surface area (TPSA) is 38.9 Å². The van der Waals surface area contributed by atoms with Gasteiger partial charge in [-0.1, -0.05) is 25.9 Å². The molecule has 0 atom stereocenters. The lowest BCUT2D eigenvalue weighted by Crippen LogP contribution is -2.13. The smallest absolute Gasteiger partial charge is 0.236 e. The zero-order valence-corrected chi connectivity index (χ0v) is 7.85. The van der Waals surface area contributed by atoms with Crippen molar-refractivity contribution in [2.75, 3.05) is 0 Å². The van der Waals surface area contributed by atoms with Crippen LogP contribution in [0.5, 0.6) is 0 Å². The Kier molecular flexibility index (Phi) is 2.23. The summed E-state index contributed by atoms with van der Waals surface area (Å²) >= 11 is 4.02. The average Bonchev–Trinajstić information content (AvgIpc) is 2.32. The number of nitrogens with zero attached hydrogens (tertiary/aromatic N) is 2. The summed E-state index contributed by atoms with van der Waals surface area (Å²) in [6.45, 7) is 6.13. The van der Waals surface area contributed by atoms with Gasteiger partial charge in [-0.05, 0) is 0 Å². The first kappa shape index (κ1) is 8.59. The third-order valence-electron chi connectivity index (χ3n) is 1.27. The summed E-state index contributed by atoms with van der Waals surface area (Å²) in [6, 6.07) is 0. The standard InChI is InChI=1S/C7H12N2OS/c1-7(2,3)6-8-5(4-11)10-9-6/h11H,4H2,1-3H3. The van der Waals surface area contributed by atoms with Crippen molar-refractivity contribution in [3.8, 4) is 0 Å². The fourth-order valence-corrected chi connectivity index (χ4v) is 0.752. The molecule has 0 amide bonds. The molecule has 0 radical (unpaired) electrons. The van der Waals surface area contributed by atoms with Gasteiger partial charge in [0, 0.05) is 5.41 Å². The summed E-state index contributed by atoms with van der Waals surface area (Å²) in [5.41, 5.74) is -0.0370. The molecular formula is C7H12N2OS. The predicted octanol–water partition coefficient (Wildman–Crippen LogP) is 1.80. The van der Waals surface area contributed by atoms with Crippen molar-refractivity contribution in [2.24, 2.45) is 0 Å². The minimum atomic E-state index is -0.0370. The van der Waals surface area contributed by atoms with Gasteiger partial charge < -0.3 is 4.52 Å². The average molecular weight is 172 g/mol. The van der Waals surface area contributed by atoms with Crippen LogP contribution < -0.4 is 0 Å². The Morgan fingerprint density at radius 1 is 1.45 bits per heavy atom. The molecular weight excluding hydrogens is 160 g/mol. The fourth-order valence-electron chi connectivity index (χ4n) is 0.624. The van der Waals surface area contributed by atoms with Gasteiger partial charge >= 0.3 is 0 Å². The second-order valence-corrected chi connectivity index (χ2v) is 3.74. The van der Waals surface area contributed by atoms with Crippen LogP contribution in [-0.2, 0) is 11.2 Å². The molecule has 4 heteroatoms. The molecule has 0 aromatic carbocycles. The molecule has 0 unspecified atom stereocenters. The molecule has 0 bridgehead atoms. The predicted molar refractivity (Wildman–Crippen MR) is 45.7 cm³/mol. The third-order valence-corrected chi connectivity index (χ3v) is 1.54. The monoisotopic (exact) mass is 172 g/mol. The molecule has 0 saturated carbocycles. The summed E-state index contributed by atoms with van der Waals surface area (Å²) < 4.78 is 4.90. The van der Waals surface area contributed by atoms with E-state index in [1.165, 1.54) is 0 Å². The van der Waals surface area contributed by atoms with Crippen molar-refractivity contribution in [3.05, 3.63) is 11.7 Å². The van der Waals surface area contributed by atoms with Crippen LogP contribution in [0.2, 0.25) is 0 Å². The first-order valence-corrected chi connectivity index (χ1v) is 4.11. The molecule has 3 nitrogen and oxygen atoms in total. The zero-order chi connectivity index (χ0) is 8.48. The maximum absolute atomic E-state index is 4.90. The third kappa shape index (κ3) is 1.96. The second kappa shape index (κ2) is 2.85. The lowest BCUT2D eigenvalue weighted by Gasteiger charge is -2.10. The Balaban J connectivity index is 2.89. The van der Waals surface area contributed by atoms with Crippen LogP contribution in [0.4, 0.5) is 0 Å². The van der Waals surface area contributed by atoms with Crippen molar-refractivity contribution in [1.29, 1.82) is 0 Å². The number of aromatic nitrogens is 2. The molecule has 62 valence electrons. The van der Waals surface area contributed by atoms with Crippen LogP contribution in [0, 0.1) is 0 Å². The van der Waals surface area contributed by atoms with Crippen LogP contribution in [0.25, 0.3) is 0 Å². The molecule has 1 aromatic heterocycles. The van der Waals surface area contributed by atoms with Crippen LogP contribution in [0.1, 0.15) is 32.5 Å². The van der Waals surface area contributed by atoms with E-state index in [9.17, 15) is 0 Å². The molecule has 1 heterocycles. The van der Waals surface area contributed by atoms with Crippen LogP contribution in [0.15, 0.2) is 4.52 Å². The summed E-state index contributed by atoms with van der Waals surface area (Å²) in [5.74, 6) is 1.82. The molecule has 11 heavy (non-hydrogen) atoms. The zero-order valence-electron chi connectivity index (χ0n) is 6.96. The fraction of sp³-hybridized carbons (Fsp3) is 0.714. The van der Waals surface area contributed by atoms with Gasteiger partial charge in [0.1, 0.15) is 0 Å². The molecule has 1 rings (SSSR count). The van der Waals surface area contributed by atoms with Gasteiger partial charge in [0.25, 0.3) is 0 Å². The normalized spacial score (nSPS) is 12.0. The van der Waals surface area contributed by atoms with Gasteiger partial charge in [-0.2, -0.15) is 17.6 Å². The lowest BCUT2D eigenvalue weighted by atomic mass is 9.96. The molecule has 1 aromatic rings. The Labute approximate surface area is 71.6 Å². The Morgan fingerprint density at radius 3 is 2.36 bits per heavy atom. The summed E-state index contributed by atoms with van der Waals surface area (Å²) in [6.07, 6.45) is 0. The molecule has 0 fully saturated rings. The Morgan fingerprint density at radius 2 is 2.09 bits per heavy atom. The van der Waals surface area contributed by atoms with Crippen molar-refractivity contribution < 1.29 is 4.52 Å². The number of rotatable bonds is 1. The molecule has 0 aliphatic rings. The highest BCUT2D eigenvalue weighted by molar-refractivity contribution is 7.79. The quantitative estimate of drug-likeness (QED) is 0.656. The Hall–Kier alpha value is -0.510. The largest absolute Gasteiger partial charge is 0.338 e. The molecule has 0 aliphatic heterocycles. The van der Waals surface area contributed by atoms with Gasteiger partial charge in [0.2, 0.25) is 5.89 Å². The van der Waals surface area contributed by atoms with Gasteiger partial charge in [-0.25, -0.2) is 0 Å². The lowest BCUT2D eigenvalue weighted by molar-refractivity contribution is 0.373. The van der Waals surface area contributed by atoms with E-state index in [4.69, 9.17) is 4.52 Å². The molecule has 0 spiro atoms. The highest BCUT2D eigenvalue weighted by Gasteiger charge is 2.20. The first-order valence-electron chi connectivity index (χ1n) is 3.48. The van der Waals surface area contributed by atoms with E-state index in [0.29, 0.717) is 11.6 Å². The van der Waals surface area contributed by atoms with Crippen molar-refractivity contribution in [3.63, 3.8) is 0 Å². The van der Waals surface area contributed by atoms with Gasteiger partial charge in [0.15, 0.2) is 5.82 Å². The molecule has 0 N–H and O–H groups in total. The number of hydrogen-bond acceptors (Lipinski definition) is 4. The van der Waals surface area contributed by atoms with Crippen LogP contribution in [-0.4, -0.2) is 10.1 Å². The highest BCUT2D eigenvalue weighted by atomic mass is 32.1. The van der Waals surface area contributed by atoms with E-state index in [0.717, 1.165) is 5.82 Å². The van der Waals surface area contributed by atoms with Crippen LogP contribution in [0.3, 0.4) is 0 Å². The van der Waals surface area contributed by atoms with Crippen molar-refractivity contribution in [1.82, 2.24) is 10.1 Å². The highest BCUT2D eigenvalue weighted by Crippen LogP contribution is 2.18. The van der Waals surface area contributed by atoms with E-state index in [1.54, 1.807) is 0 Å². The van der Waals surface area contributed by atoms with Gasteiger partial charge in [-0.15, -0.1) is 0 Å². The van der Waals surface area contributed by atoms with Crippen molar-refractivity contribution in [2.45, 2.75) is 31.9 Å². The minimum absolute atomic E-state index is 0.0370. The van der Waals surface area contributed by atoms with Gasteiger partial charge in [0.05, 0.1) is 5.75 Å². The van der Waals surface area contributed by atoms with Gasteiger partial charge in [-0.3, -0.25) is 0 Å². The number of thiol groups is 1. The summed E-state index contributed by atoms with van der Waals surface area (Å²) in [7, 11) is 0. The van der Waals surface area contributed by atoms with Crippen molar-refractivity contribution >= 4 is 12.6 Å². The van der Waals surface area contributed by atoms with E-state index in [2.05, 4.69) is 22.8 Å². The van der Waals surface area contributed by atoms with E-state index in [-0.39, 0.29) is 5.41 Å². The van der Waals surface area contributed by atoms with Crippen LogP contribution >= 0.6 is 12.6 Å². The van der Waals surface area contributed by atoms with E-state index in [1.807, 2.05) is 20.8 Å². The minimum Gasteiger partial charge on any atom is -0.338 e. The second-order valence-electron chi connectivity index (χ2n) is 3.42. The molecule has 0 aliphatic carbocycles. The summed E-state index contributed by atoms with van der Waals surface area (Å²) in [4.78, 5) is 4.15. The van der Waals surface area contributed by atoms with E-state index < -0.39 is 0 Å². The van der Waals surface area contributed by atoms with E-state index >= 15 is 0 Å². The number of hydrogen-bond donors (Lipinski definition) is 1. The SMILES string of the molecule is CC(C)(C)c1noc(CS)n1. The maximum Gasteiger partial charge on any atom is 0.236 e.